The molecule has 23 heavy (non-hydrogen) atoms. The zero-order valence-corrected chi connectivity index (χ0v) is 14.8. The van der Waals surface area contributed by atoms with Crippen LogP contribution in [-0.2, 0) is 9.47 Å². The Hall–Kier alpha value is -2.05. The number of nitrogens with zero attached hydrogens (tertiary/aromatic N) is 2. The number of hydrogen-bond acceptors (Lipinski definition) is 5. The zero-order valence-electron chi connectivity index (χ0n) is 14.8. The molecule has 7 heteroatoms. The fourth-order valence-corrected chi connectivity index (χ4v) is 2.10. The van der Waals surface area contributed by atoms with E-state index in [9.17, 15) is 9.59 Å². The SMILES string of the molecule is CCOC(=O)c1c(C)cnn1C(CC)CNC(=O)OC(C)(C)C. The van der Waals surface area contributed by atoms with Crippen molar-refractivity contribution in [1.29, 1.82) is 0 Å². The van der Waals surface area contributed by atoms with Crippen molar-refractivity contribution in [3.05, 3.63) is 17.5 Å². The molecule has 1 unspecified atom stereocenters. The highest BCUT2D eigenvalue weighted by atomic mass is 16.6. The quantitative estimate of drug-likeness (QED) is 0.813. The molecule has 0 aliphatic heterocycles. The molecule has 0 aliphatic carbocycles. The summed E-state index contributed by atoms with van der Waals surface area (Å²) in [6.45, 7) is 11.6. The maximum absolute atomic E-state index is 12.1. The number of amides is 1. The predicted octanol–water partition coefficient (Wildman–Crippen LogP) is 2.84. The molecule has 1 atom stereocenters. The molecule has 7 nitrogen and oxygen atoms in total. The second-order valence-corrected chi connectivity index (χ2v) is 6.29. The van der Waals surface area contributed by atoms with Crippen molar-refractivity contribution >= 4 is 12.1 Å². The number of aromatic nitrogens is 2. The lowest BCUT2D eigenvalue weighted by atomic mass is 10.2. The van der Waals surface area contributed by atoms with Crippen molar-refractivity contribution in [2.75, 3.05) is 13.2 Å². The van der Waals surface area contributed by atoms with Gasteiger partial charge in [0, 0.05) is 12.1 Å². The average Bonchev–Trinajstić information content (AvgIpc) is 2.80. The van der Waals surface area contributed by atoms with Crippen molar-refractivity contribution in [3.63, 3.8) is 0 Å². The Kier molecular flexibility index (Phi) is 6.60. The van der Waals surface area contributed by atoms with Gasteiger partial charge < -0.3 is 14.8 Å². The van der Waals surface area contributed by atoms with E-state index in [1.165, 1.54) is 0 Å². The zero-order chi connectivity index (χ0) is 17.6. The van der Waals surface area contributed by atoms with Gasteiger partial charge in [0.05, 0.1) is 18.8 Å². The number of ether oxygens (including phenoxy) is 2. The summed E-state index contributed by atoms with van der Waals surface area (Å²) in [6, 6.07) is -0.157. The van der Waals surface area contributed by atoms with Crippen LogP contribution in [0, 0.1) is 6.92 Å². The van der Waals surface area contributed by atoms with Crippen LogP contribution in [-0.4, -0.2) is 40.6 Å². The van der Waals surface area contributed by atoms with Gasteiger partial charge >= 0.3 is 12.1 Å². The van der Waals surface area contributed by atoms with E-state index in [0.29, 0.717) is 25.3 Å². The Morgan fingerprint density at radius 1 is 1.35 bits per heavy atom. The number of hydrogen-bond donors (Lipinski definition) is 1. The molecule has 0 aliphatic rings. The molecule has 1 aromatic heterocycles. The molecule has 1 amide bonds. The predicted molar refractivity (Wildman–Crippen MR) is 86.5 cm³/mol. The summed E-state index contributed by atoms with van der Waals surface area (Å²) in [6.07, 6.45) is 1.84. The van der Waals surface area contributed by atoms with Crippen LogP contribution in [0.1, 0.15) is 63.1 Å². The lowest BCUT2D eigenvalue weighted by Gasteiger charge is -2.22. The summed E-state index contributed by atoms with van der Waals surface area (Å²) < 4.78 is 11.9. The van der Waals surface area contributed by atoms with Crippen molar-refractivity contribution in [1.82, 2.24) is 15.1 Å². The van der Waals surface area contributed by atoms with Crippen molar-refractivity contribution < 1.29 is 19.1 Å². The molecule has 1 N–H and O–H groups in total. The molecule has 1 aromatic rings. The van der Waals surface area contributed by atoms with Gasteiger partial charge in [0.25, 0.3) is 0 Å². The number of aryl methyl sites for hydroxylation is 1. The molecular weight excluding hydrogens is 298 g/mol. The molecule has 0 saturated heterocycles. The van der Waals surface area contributed by atoms with Gasteiger partial charge in [-0.3, -0.25) is 4.68 Å². The highest BCUT2D eigenvalue weighted by Crippen LogP contribution is 2.17. The monoisotopic (exact) mass is 325 g/mol. The summed E-state index contributed by atoms with van der Waals surface area (Å²) in [4.78, 5) is 23.9. The van der Waals surface area contributed by atoms with E-state index in [0.717, 1.165) is 5.56 Å². The summed E-state index contributed by atoms with van der Waals surface area (Å²) in [7, 11) is 0. The van der Waals surface area contributed by atoms with Crippen LogP contribution < -0.4 is 5.32 Å². The van der Waals surface area contributed by atoms with Gasteiger partial charge in [0.15, 0.2) is 0 Å². The van der Waals surface area contributed by atoms with Crippen LogP contribution in [0.25, 0.3) is 0 Å². The highest BCUT2D eigenvalue weighted by Gasteiger charge is 2.23. The molecule has 0 radical (unpaired) electrons. The number of carbonyl (C=O) groups is 2. The Bertz CT molecular complexity index is 546. The van der Waals surface area contributed by atoms with Crippen LogP contribution >= 0.6 is 0 Å². The lowest BCUT2D eigenvalue weighted by Crippen LogP contribution is -2.36. The second-order valence-electron chi connectivity index (χ2n) is 6.29. The molecule has 0 saturated carbocycles. The topological polar surface area (TPSA) is 82.5 Å². The van der Waals surface area contributed by atoms with E-state index in [1.54, 1.807) is 38.6 Å². The molecule has 0 fully saturated rings. The van der Waals surface area contributed by atoms with E-state index in [-0.39, 0.29) is 6.04 Å². The molecule has 1 rings (SSSR count). The lowest BCUT2D eigenvalue weighted by molar-refractivity contribution is 0.0505. The summed E-state index contributed by atoms with van der Waals surface area (Å²) in [5.74, 6) is -0.404. The summed E-state index contributed by atoms with van der Waals surface area (Å²) in [5.41, 5.74) is 0.619. The fourth-order valence-electron chi connectivity index (χ4n) is 2.10. The van der Waals surface area contributed by atoms with Gasteiger partial charge in [-0.15, -0.1) is 0 Å². The smallest absolute Gasteiger partial charge is 0.407 e. The first-order valence-corrected chi connectivity index (χ1v) is 7.87. The Labute approximate surface area is 137 Å². The normalized spacial score (nSPS) is 12.6. The van der Waals surface area contributed by atoms with Crippen LogP contribution in [0.3, 0.4) is 0 Å². The maximum Gasteiger partial charge on any atom is 0.407 e. The second kappa shape index (κ2) is 7.99. The number of esters is 1. The number of nitrogens with one attached hydrogen (secondary N) is 1. The third-order valence-corrected chi connectivity index (χ3v) is 3.15. The van der Waals surface area contributed by atoms with Gasteiger partial charge in [-0.2, -0.15) is 5.10 Å². The van der Waals surface area contributed by atoms with Crippen LogP contribution in [0.5, 0.6) is 0 Å². The Balaban J connectivity index is 2.83. The van der Waals surface area contributed by atoms with Crippen LogP contribution in [0.4, 0.5) is 4.79 Å². The van der Waals surface area contributed by atoms with Gasteiger partial charge in [0.2, 0.25) is 0 Å². The van der Waals surface area contributed by atoms with E-state index in [2.05, 4.69) is 10.4 Å². The van der Waals surface area contributed by atoms with Crippen molar-refractivity contribution in [2.24, 2.45) is 0 Å². The third kappa shape index (κ3) is 5.58. The first-order chi connectivity index (χ1) is 10.7. The van der Waals surface area contributed by atoms with E-state index in [1.807, 2.05) is 13.8 Å². The van der Waals surface area contributed by atoms with Gasteiger partial charge in [-0.05, 0) is 41.0 Å². The Morgan fingerprint density at radius 3 is 2.52 bits per heavy atom. The van der Waals surface area contributed by atoms with Crippen molar-refractivity contribution in [2.45, 2.75) is 59.6 Å². The summed E-state index contributed by atoms with van der Waals surface area (Å²) in [5, 5.41) is 6.99. The molecule has 0 spiro atoms. The third-order valence-electron chi connectivity index (χ3n) is 3.15. The molecular formula is C16H27N3O4. The van der Waals surface area contributed by atoms with Gasteiger partial charge in [-0.1, -0.05) is 6.92 Å². The van der Waals surface area contributed by atoms with Crippen molar-refractivity contribution in [3.8, 4) is 0 Å². The molecule has 0 bridgehead atoms. The number of rotatable bonds is 6. The largest absolute Gasteiger partial charge is 0.461 e. The Morgan fingerprint density at radius 2 is 2.00 bits per heavy atom. The average molecular weight is 325 g/mol. The van der Waals surface area contributed by atoms with Crippen LogP contribution in [0.15, 0.2) is 6.20 Å². The summed E-state index contributed by atoms with van der Waals surface area (Å²) >= 11 is 0. The molecule has 130 valence electrons. The number of alkyl carbamates (subject to hydrolysis) is 1. The minimum Gasteiger partial charge on any atom is -0.461 e. The molecule has 0 aromatic carbocycles. The fraction of sp³-hybridized carbons (Fsp3) is 0.688. The highest BCUT2D eigenvalue weighted by molar-refractivity contribution is 5.89. The first kappa shape index (κ1) is 19.0. The standard InChI is InChI=1S/C16H27N3O4/c1-7-12(10-17-15(21)23-16(4,5)6)19-13(11(3)9-18-19)14(20)22-8-2/h9,12H,7-8,10H2,1-6H3,(H,17,21). The first-order valence-electron chi connectivity index (χ1n) is 7.87. The van der Waals surface area contributed by atoms with Crippen LogP contribution in [0.2, 0.25) is 0 Å². The molecule has 1 heterocycles. The van der Waals surface area contributed by atoms with E-state index in [4.69, 9.17) is 9.47 Å². The minimum atomic E-state index is -0.551. The van der Waals surface area contributed by atoms with E-state index >= 15 is 0 Å². The minimum absolute atomic E-state index is 0.157. The van der Waals surface area contributed by atoms with Gasteiger partial charge in [0.1, 0.15) is 11.3 Å². The van der Waals surface area contributed by atoms with Gasteiger partial charge in [-0.25, -0.2) is 9.59 Å². The maximum atomic E-state index is 12.1. The number of carbonyl (C=O) groups excluding carboxylic acids is 2. The van der Waals surface area contributed by atoms with E-state index < -0.39 is 17.7 Å².